The molecule has 3 rings (SSSR count). The maximum absolute atomic E-state index is 12.7. The third kappa shape index (κ3) is 4.77. The average Bonchev–Trinajstić information content (AvgIpc) is 3.01. The molecule has 1 atom stereocenters. The highest BCUT2D eigenvalue weighted by atomic mass is 32.2. The lowest BCUT2D eigenvalue weighted by Gasteiger charge is -2.16. The summed E-state index contributed by atoms with van der Waals surface area (Å²) in [5.74, 6) is 0.843. The van der Waals surface area contributed by atoms with Crippen molar-refractivity contribution in [3.05, 3.63) is 60.2 Å². The van der Waals surface area contributed by atoms with Gasteiger partial charge in [-0.15, -0.1) is 5.10 Å². The molecular formula is C21H23N3O2S. The number of benzene rings is 2. The Morgan fingerprint density at radius 1 is 1.15 bits per heavy atom. The molecule has 2 aromatic carbocycles. The van der Waals surface area contributed by atoms with Gasteiger partial charge in [0.15, 0.2) is 5.17 Å². The van der Waals surface area contributed by atoms with Gasteiger partial charge in [0.1, 0.15) is 12.4 Å². The molecule has 1 aliphatic rings. The average molecular weight is 382 g/mol. The number of hydrogen-bond donors (Lipinski definition) is 0. The molecule has 1 fully saturated rings. The zero-order chi connectivity index (χ0) is 19.2. The molecule has 2 aromatic rings. The van der Waals surface area contributed by atoms with Crippen LogP contribution in [0.25, 0.3) is 0 Å². The van der Waals surface area contributed by atoms with Gasteiger partial charge in [0.25, 0.3) is 0 Å². The molecule has 1 amide bonds. The van der Waals surface area contributed by atoms with Gasteiger partial charge in [0.05, 0.1) is 16.6 Å². The van der Waals surface area contributed by atoms with Gasteiger partial charge in [0, 0.05) is 0 Å². The van der Waals surface area contributed by atoms with E-state index < -0.39 is 0 Å². The SMILES string of the molecule is CCC1S/C(=N/N=C(\C)COc2ccccc2)N(c2ccc(C)cc2)C1=O. The van der Waals surface area contributed by atoms with Crippen LogP contribution in [0.1, 0.15) is 25.8 Å². The minimum atomic E-state index is -0.124. The third-order valence-corrected chi connectivity index (χ3v) is 5.39. The second-order valence-corrected chi connectivity index (χ2v) is 7.51. The zero-order valence-electron chi connectivity index (χ0n) is 15.8. The Kier molecular flexibility index (Phi) is 6.29. The summed E-state index contributed by atoms with van der Waals surface area (Å²) in [7, 11) is 0. The number of nitrogens with zero attached hydrogens (tertiary/aromatic N) is 3. The molecule has 0 radical (unpaired) electrons. The van der Waals surface area contributed by atoms with E-state index in [0.717, 1.165) is 29.1 Å². The van der Waals surface area contributed by atoms with Crippen LogP contribution < -0.4 is 9.64 Å². The Hall–Kier alpha value is -2.60. The lowest BCUT2D eigenvalue weighted by Crippen LogP contribution is -2.31. The van der Waals surface area contributed by atoms with E-state index in [1.54, 1.807) is 4.90 Å². The number of aryl methyl sites for hydroxylation is 1. The van der Waals surface area contributed by atoms with Crippen molar-refractivity contribution in [2.45, 2.75) is 32.4 Å². The molecule has 27 heavy (non-hydrogen) atoms. The van der Waals surface area contributed by atoms with E-state index in [0.29, 0.717) is 11.8 Å². The highest BCUT2D eigenvalue weighted by molar-refractivity contribution is 8.16. The summed E-state index contributed by atoms with van der Waals surface area (Å²) in [4.78, 5) is 14.4. The van der Waals surface area contributed by atoms with Crippen LogP contribution in [0.5, 0.6) is 5.75 Å². The van der Waals surface area contributed by atoms with Crippen LogP contribution in [0.2, 0.25) is 0 Å². The number of rotatable bonds is 6. The standard InChI is InChI=1S/C21H23N3O2S/c1-4-19-20(25)24(17-12-10-15(2)11-13-17)21(27-19)23-22-16(3)14-26-18-8-6-5-7-9-18/h5-13,19H,4,14H2,1-3H3/b22-16+,23-21+. The Labute approximate surface area is 164 Å². The van der Waals surface area contributed by atoms with E-state index in [9.17, 15) is 4.79 Å². The van der Waals surface area contributed by atoms with E-state index >= 15 is 0 Å². The summed E-state index contributed by atoms with van der Waals surface area (Å²) >= 11 is 1.46. The monoisotopic (exact) mass is 381 g/mol. The smallest absolute Gasteiger partial charge is 0.246 e. The van der Waals surface area contributed by atoms with Crippen molar-refractivity contribution in [3.63, 3.8) is 0 Å². The molecule has 0 N–H and O–H groups in total. The molecule has 0 aliphatic carbocycles. The van der Waals surface area contributed by atoms with Gasteiger partial charge in [-0.05, 0) is 44.5 Å². The molecule has 0 bridgehead atoms. The summed E-state index contributed by atoms with van der Waals surface area (Å²) in [6.07, 6.45) is 0.755. The number of carbonyl (C=O) groups excluding carboxylic acids is 1. The Balaban J connectivity index is 1.77. The van der Waals surface area contributed by atoms with Crippen molar-refractivity contribution in [2.24, 2.45) is 10.2 Å². The number of ether oxygens (including phenoxy) is 1. The van der Waals surface area contributed by atoms with Crippen LogP contribution in [0.15, 0.2) is 64.8 Å². The molecule has 1 heterocycles. The van der Waals surface area contributed by atoms with Gasteiger partial charge in [-0.25, -0.2) is 0 Å². The van der Waals surface area contributed by atoms with Gasteiger partial charge in [-0.3, -0.25) is 9.69 Å². The van der Waals surface area contributed by atoms with E-state index in [1.807, 2.05) is 75.4 Å². The molecule has 1 unspecified atom stereocenters. The maximum Gasteiger partial charge on any atom is 0.246 e. The zero-order valence-corrected chi connectivity index (χ0v) is 16.6. The van der Waals surface area contributed by atoms with Crippen LogP contribution >= 0.6 is 11.8 Å². The van der Waals surface area contributed by atoms with Crippen LogP contribution in [-0.2, 0) is 4.79 Å². The van der Waals surface area contributed by atoms with Crippen molar-refractivity contribution in [1.29, 1.82) is 0 Å². The minimum Gasteiger partial charge on any atom is -0.488 e. The first kappa shape index (κ1) is 19.2. The Morgan fingerprint density at radius 2 is 1.85 bits per heavy atom. The molecule has 6 heteroatoms. The number of amidine groups is 1. The fourth-order valence-corrected chi connectivity index (χ4v) is 3.60. The lowest BCUT2D eigenvalue weighted by atomic mass is 10.2. The van der Waals surface area contributed by atoms with Crippen LogP contribution in [-0.4, -0.2) is 28.6 Å². The Bertz CT molecular complexity index is 847. The van der Waals surface area contributed by atoms with Gasteiger partial charge < -0.3 is 4.74 Å². The number of carbonyl (C=O) groups is 1. The van der Waals surface area contributed by atoms with Crippen LogP contribution in [0, 0.1) is 6.92 Å². The first-order chi connectivity index (χ1) is 13.1. The molecule has 1 aliphatic heterocycles. The van der Waals surface area contributed by atoms with Crippen molar-refractivity contribution in [1.82, 2.24) is 0 Å². The molecule has 140 valence electrons. The van der Waals surface area contributed by atoms with Gasteiger partial charge >= 0.3 is 0 Å². The van der Waals surface area contributed by atoms with Crippen molar-refractivity contribution in [3.8, 4) is 5.75 Å². The van der Waals surface area contributed by atoms with E-state index in [2.05, 4.69) is 10.2 Å². The number of thioether (sulfide) groups is 1. The summed E-state index contributed by atoms with van der Waals surface area (Å²) in [5.41, 5.74) is 2.71. The first-order valence-electron chi connectivity index (χ1n) is 8.94. The number of anilines is 1. The molecule has 0 spiro atoms. The van der Waals surface area contributed by atoms with Crippen LogP contribution in [0.4, 0.5) is 5.69 Å². The van der Waals surface area contributed by atoms with Crippen molar-refractivity contribution in [2.75, 3.05) is 11.5 Å². The third-order valence-electron chi connectivity index (χ3n) is 4.09. The topological polar surface area (TPSA) is 54.3 Å². The highest BCUT2D eigenvalue weighted by Gasteiger charge is 2.38. The fraction of sp³-hybridized carbons (Fsp3) is 0.286. The summed E-state index contributed by atoms with van der Waals surface area (Å²) in [5, 5.41) is 9.12. The molecular weight excluding hydrogens is 358 g/mol. The van der Waals surface area contributed by atoms with E-state index in [4.69, 9.17) is 4.74 Å². The van der Waals surface area contributed by atoms with Gasteiger partial charge in [-0.2, -0.15) is 5.10 Å². The molecule has 5 nitrogen and oxygen atoms in total. The van der Waals surface area contributed by atoms with Gasteiger partial charge in [-0.1, -0.05) is 54.6 Å². The summed E-state index contributed by atoms with van der Waals surface area (Å²) in [6.45, 7) is 6.24. The highest BCUT2D eigenvalue weighted by Crippen LogP contribution is 2.33. The lowest BCUT2D eigenvalue weighted by molar-refractivity contribution is -0.116. The van der Waals surface area contributed by atoms with E-state index in [-0.39, 0.29) is 11.2 Å². The minimum absolute atomic E-state index is 0.0542. The largest absolute Gasteiger partial charge is 0.488 e. The second-order valence-electron chi connectivity index (χ2n) is 6.34. The summed E-state index contributed by atoms with van der Waals surface area (Å²) in [6, 6.07) is 17.5. The van der Waals surface area contributed by atoms with Gasteiger partial charge in [0.2, 0.25) is 5.91 Å². The number of hydrogen-bond acceptors (Lipinski definition) is 5. The number of amides is 1. The maximum atomic E-state index is 12.7. The van der Waals surface area contributed by atoms with Crippen molar-refractivity contribution >= 4 is 34.2 Å². The quantitative estimate of drug-likeness (QED) is 0.540. The first-order valence-corrected chi connectivity index (χ1v) is 9.82. The second kappa shape index (κ2) is 8.86. The molecule has 0 aromatic heterocycles. The molecule has 0 saturated carbocycles. The van der Waals surface area contributed by atoms with Crippen molar-refractivity contribution < 1.29 is 9.53 Å². The Morgan fingerprint density at radius 3 is 2.52 bits per heavy atom. The number of para-hydroxylation sites is 1. The predicted octanol–water partition coefficient (Wildman–Crippen LogP) is 4.66. The van der Waals surface area contributed by atoms with Crippen LogP contribution in [0.3, 0.4) is 0 Å². The molecule has 1 saturated heterocycles. The normalized spacial score (nSPS) is 19.0. The fourth-order valence-electron chi connectivity index (χ4n) is 2.59. The van der Waals surface area contributed by atoms with E-state index in [1.165, 1.54) is 11.8 Å². The summed E-state index contributed by atoms with van der Waals surface area (Å²) < 4.78 is 5.68. The predicted molar refractivity (Wildman–Crippen MR) is 113 cm³/mol.